The molecule has 0 bridgehead atoms. The molecule has 1 amide bonds. The van der Waals surface area contributed by atoms with Crippen molar-refractivity contribution in [2.75, 3.05) is 6.61 Å². The molecule has 0 aliphatic carbocycles. The monoisotopic (exact) mass is 326 g/mol. The quantitative estimate of drug-likeness (QED) is 0.624. The van der Waals surface area contributed by atoms with Crippen LogP contribution in [0.5, 0.6) is 11.5 Å². The minimum absolute atomic E-state index is 0.0676. The summed E-state index contributed by atoms with van der Waals surface area (Å²) in [5.41, 5.74) is 3.83. The predicted molar refractivity (Wildman–Crippen MR) is 94.9 cm³/mol. The molecule has 0 unspecified atom stereocenters. The maximum absolute atomic E-state index is 12.1. The molecular formula is C19H22N2O3. The highest BCUT2D eigenvalue weighted by molar-refractivity contribution is 5.95. The van der Waals surface area contributed by atoms with E-state index in [2.05, 4.69) is 10.5 Å². The lowest BCUT2D eigenvalue weighted by Crippen LogP contribution is -2.17. The van der Waals surface area contributed by atoms with Crippen molar-refractivity contribution >= 4 is 12.1 Å². The van der Waals surface area contributed by atoms with Crippen molar-refractivity contribution in [3.05, 3.63) is 59.7 Å². The van der Waals surface area contributed by atoms with Gasteiger partial charge >= 0.3 is 0 Å². The minimum Gasteiger partial charge on any atom is -0.494 e. The van der Waals surface area contributed by atoms with E-state index >= 15 is 0 Å². The number of hydrazone groups is 1. The number of nitrogens with zero attached hydrogens (tertiary/aromatic N) is 1. The van der Waals surface area contributed by atoms with Crippen LogP contribution in [0.15, 0.2) is 53.6 Å². The molecule has 5 nitrogen and oxygen atoms in total. The van der Waals surface area contributed by atoms with E-state index in [-0.39, 0.29) is 12.0 Å². The van der Waals surface area contributed by atoms with Gasteiger partial charge in [0.05, 0.1) is 18.9 Å². The Balaban J connectivity index is 1.99. The zero-order chi connectivity index (χ0) is 17.4. The summed E-state index contributed by atoms with van der Waals surface area (Å²) in [4.78, 5) is 12.1. The first-order valence-corrected chi connectivity index (χ1v) is 7.92. The number of hydrogen-bond donors (Lipinski definition) is 1. The van der Waals surface area contributed by atoms with Crippen molar-refractivity contribution in [2.24, 2.45) is 5.10 Å². The zero-order valence-corrected chi connectivity index (χ0v) is 14.2. The highest BCUT2D eigenvalue weighted by atomic mass is 16.5. The number of nitrogens with one attached hydrogen (secondary N) is 1. The summed E-state index contributed by atoms with van der Waals surface area (Å²) in [7, 11) is 0. The summed E-state index contributed by atoms with van der Waals surface area (Å²) in [6, 6.07) is 14.5. The Morgan fingerprint density at radius 1 is 1.17 bits per heavy atom. The van der Waals surface area contributed by atoms with E-state index in [1.807, 2.05) is 45.0 Å². The van der Waals surface area contributed by atoms with Gasteiger partial charge in [0, 0.05) is 11.1 Å². The number of ether oxygens (including phenoxy) is 2. The molecule has 0 aliphatic rings. The maximum Gasteiger partial charge on any atom is 0.271 e. The first kappa shape index (κ1) is 17.5. The molecule has 0 heterocycles. The molecule has 0 saturated heterocycles. The Hall–Kier alpha value is -2.82. The largest absolute Gasteiger partial charge is 0.494 e. The average Bonchev–Trinajstić information content (AvgIpc) is 2.57. The average molecular weight is 326 g/mol. The lowest BCUT2D eigenvalue weighted by Gasteiger charge is -2.11. The molecule has 2 aromatic rings. The van der Waals surface area contributed by atoms with Crippen LogP contribution in [0.4, 0.5) is 0 Å². The fraction of sp³-hybridized carbons (Fsp3) is 0.263. The van der Waals surface area contributed by atoms with E-state index in [4.69, 9.17) is 9.47 Å². The zero-order valence-electron chi connectivity index (χ0n) is 14.2. The van der Waals surface area contributed by atoms with Gasteiger partial charge in [0.1, 0.15) is 11.5 Å². The number of hydrogen-bond acceptors (Lipinski definition) is 4. The number of carbonyl (C=O) groups excluding carboxylic acids is 1. The highest BCUT2D eigenvalue weighted by Crippen LogP contribution is 2.17. The number of benzene rings is 2. The normalized spacial score (nSPS) is 10.8. The van der Waals surface area contributed by atoms with Gasteiger partial charge < -0.3 is 9.47 Å². The first-order chi connectivity index (χ1) is 11.6. The summed E-state index contributed by atoms with van der Waals surface area (Å²) in [5, 5.41) is 4.01. The number of rotatable bonds is 7. The molecule has 24 heavy (non-hydrogen) atoms. The molecule has 0 aromatic heterocycles. The Bertz CT molecular complexity index is 694. The molecule has 2 aromatic carbocycles. The van der Waals surface area contributed by atoms with Crippen LogP contribution in [0.2, 0.25) is 0 Å². The molecule has 0 saturated carbocycles. The van der Waals surface area contributed by atoms with Crippen molar-refractivity contribution < 1.29 is 14.3 Å². The second-order valence-corrected chi connectivity index (χ2v) is 5.36. The summed E-state index contributed by atoms with van der Waals surface area (Å²) in [6.45, 7) is 6.42. The SMILES string of the molecule is CCOc1ccc(C(=O)N/N=C\c2ccccc2OC(C)C)cc1. The van der Waals surface area contributed by atoms with Gasteiger partial charge in [-0.05, 0) is 57.2 Å². The summed E-state index contributed by atoms with van der Waals surface area (Å²) in [6.07, 6.45) is 1.64. The number of carbonyl (C=O) groups is 1. The van der Waals surface area contributed by atoms with Gasteiger partial charge in [-0.25, -0.2) is 5.43 Å². The first-order valence-electron chi connectivity index (χ1n) is 7.92. The van der Waals surface area contributed by atoms with E-state index in [0.29, 0.717) is 12.2 Å². The summed E-state index contributed by atoms with van der Waals surface area (Å²) < 4.78 is 11.1. The summed E-state index contributed by atoms with van der Waals surface area (Å²) >= 11 is 0. The van der Waals surface area contributed by atoms with Gasteiger partial charge in [-0.15, -0.1) is 0 Å². The number of amides is 1. The fourth-order valence-corrected chi connectivity index (χ4v) is 2.04. The van der Waals surface area contributed by atoms with Crippen LogP contribution in [0.25, 0.3) is 0 Å². The lowest BCUT2D eigenvalue weighted by atomic mass is 10.2. The summed E-state index contributed by atoms with van der Waals surface area (Å²) in [5.74, 6) is 1.18. The van der Waals surface area contributed by atoms with E-state index < -0.39 is 0 Å². The molecule has 0 aliphatic heterocycles. The Labute approximate surface area is 142 Å². The van der Waals surface area contributed by atoms with Crippen molar-refractivity contribution in [2.45, 2.75) is 26.9 Å². The van der Waals surface area contributed by atoms with E-state index in [1.54, 1.807) is 30.5 Å². The fourth-order valence-electron chi connectivity index (χ4n) is 2.04. The molecular weight excluding hydrogens is 304 g/mol. The second-order valence-electron chi connectivity index (χ2n) is 5.36. The van der Waals surface area contributed by atoms with Crippen molar-refractivity contribution in [1.29, 1.82) is 0 Å². The van der Waals surface area contributed by atoms with Crippen LogP contribution in [-0.4, -0.2) is 24.8 Å². The molecule has 0 fully saturated rings. The van der Waals surface area contributed by atoms with Crippen LogP contribution in [0.3, 0.4) is 0 Å². The van der Waals surface area contributed by atoms with Crippen LogP contribution in [0, 0.1) is 0 Å². The molecule has 0 atom stereocenters. The lowest BCUT2D eigenvalue weighted by molar-refractivity contribution is 0.0955. The third-order valence-electron chi connectivity index (χ3n) is 3.08. The molecule has 2 rings (SSSR count). The van der Waals surface area contributed by atoms with Crippen LogP contribution >= 0.6 is 0 Å². The minimum atomic E-state index is -0.281. The van der Waals surface area contributed by atoms with E-state index in [9.17, 15) is 4.79 Å². The van der Waals surface area contributed by atoms with Gasteiger partial charge in [-0.1, -0.05) is 12.1 Å². The van der Waals surface area contributed by atoms with Crippen molar-refractivity contribution in [3.8, 4) is 11.5 Å². The van der Waals surface area contributed by atoms with Crippen LogP contribution < -0.4 is 14.9 Å². The molecule has 0 radical (unpaired) electrons. The van der Waals surface area contributed by atoms with E-state index in [0.717, 1.165) is 17.1 Å². The van der Waals surface area contributed by atoms with Gasteiger partial charge in [0.15, 0.2) is 0 Å². The second kappa shape index (κ2) is 8.72. The topological polar surface area (TPSA) is 59.9 Å². The molecule has 126 valence electrons. The third kappa shape index (κ3) is 5.12. The third-order valence-corrected chi connectivity index (χ3v) is 3.08. The standard InChI is InChI=1S/C19H22N2O3/c1-4-23-17-11-9-15(10-12-17)19(22)21-20-13-16-7-5-6-8-18(16)24-14(2)3/h5-14H,4H2,1-3H3,(H,21,22)/b20-13-. The Morgan fingerprint density at radius 3 is 2.54 bits per heavy atom. The smallest absolute Gasteiger partial charge is 0.271 e. The van der Waals surface area contributed by atoms with Gasteiger partial charge in [0.25, 0.3) is 5.91 Å². The highest BCUT2D eigenvalue weighted by Gasteiger charge is 2.05. The van der Waals surface area contributed by atoms with Crippen LogP contribution in [-0.2, 0) is 0 Å². The number of para-hydroxylation sites is 1. The Morgan fingerprint density at radius 2 is 1.88 bits per heavy atom. The Kier molecular flexibility index (Phi) is 6.37. The molecule has 0 spiro atoms. The predicted octanol–water partition coefficient (Wildman–Crippen LogP) is 3.64. The van der Waals surface area contributed by atoms with Gasteiger partial charge in [-0.3, -0.25) is 4.79 Å². The van der Waals surface area contributed by atoms with Gasteiger partial charge in [0.2, 0.25) is 0 Å². The van der Waals surface area contributed by atoms with Gasteiger partial charge in [-0.2, -0.15) is 5.10 Å². The van der Waals surface area contributed by atoms with Crippen LogP contribution in [0.1, 0.15) is 36.7 Å². The maximum atomic E-state index is 12.1. The van der Waals surface area contributed by atoms with Crippen molar-refractivity contribution in [1.82, 2.24) is 5.43 Å². The molecule has 5 heteroatoms. The van der Waals surface area contributed by atoms with E-state index in [1.165, 1.54) is 0 Å². The molecule has 1 N–H and O–H groups in total. The van der Waals surface area contributed by atoms with Crippen molar-refractivity contribution in [3.63, 3.8) is 0 Å².